The highest BCUT2D eigenvalue weighted by molar-refractivity contribution is 7.98. The number of carbonyl (C=O) groups is 2. The van der Waals surface area contributed by atoms with Gasteiger partial charge in [-0.25, -0.2) is 14.6 Å². The second kappa shape index (κ2) is 8.30. The van der Waals surface area contributed by atoms with Gasteiger partial charge < -0.3 is 19.9 Å². The lowest BCUT2D eigenvalue weighted by Crippen LogP contribution is -2.46. The predicted molar refractivity (Wildman–Crippen MR) is 103 cm³/mol. The predicted octanol–water partition coefficient (Wildman–Crippen LogP) is 2.84. The number of nitrogens with one attached hydrogen (secondary N) is 2. The average molecular weight is 386 g/mol. The number of amides is 2. The van der Waals surface area contributed by atoms with Crippen molar-refractivity contribution >= 4 is 23.8 Å². The normalized spacial score (nSPS) is 16.7. The van der Waals surface area contributed by atoms with Gasteiger partial charge in [0.2, 0.25) is 0 Å². The van der Waals surface area contributed by atoms with Crippen LogP contribution in [0.5, 0.6) is 0 Å². The summed E-state index contributed by atoms with van der Waals surface area (Å²) >= 11 is 1.51. The van der Waals surface area contributed by atoms with Gasteiger partial charge in [0.25, 0.3) is 0 Å². The van der Waals surface area contributed by atoms with E-state index in [9.17, 15) is 9.59 Å². The van der Waals surface area contributed by atoms with Gasteiger partial charge in [-0.15, -0.1) is 0 Å². The number of nitrogens with zero attached hydrogens (tertiary/aromatic N) is 2. The Morgan fingerprint density at radius 3 is 2.74 bits per heavy atom. The summed E-state index contributed by atoms with van der Waals surface area (Å²) in [6.45, 7) is 4.30. The molecule has 0 bridgehead atoms. The minimum absolute atomic E-state index is 0.260. The molecular formula is C19H22N4O3S. The summed E-state index contributed by atoms with van der Waals surface area (Å²) in [6, 6.07) is 8.99. The number of rotatable bonds is 6. The Morgan fingerprint density at radius 2 is 2.07 bits per heavy atom. The molecular weight excluding hydrogens is 364 g/mol. The molecule has 1 aliphatic heterocycles. The Labute approximate surface area is 162 Å². The molecule has 0 radical (unpaired) electrons. The van der Waals surface area contributed by atoms with Crippen molar-refractivity contribution in [1.82, 2.24) is 20.2 Å². The second-order valence-corrected chi connectivity index (χ2v) is 6.81. The Hall–Kier alpha value is -2.74. The fourth-order valence-electron chi connectivity index (χ4n) is 3.08. The third-order valence-electron chi connectivity index (χ3n) is 4.28. The minimum Gasteiger partial charge on any atom is -0.463 e. The summed E-state index contributed by atoms with van der Waals surface area (Å²) in [5.74, 6) is -0.453. The van der Waals surface area contributed by atoms with Crippen LogP contribution in [0.15, 0.2) is 53.0 Å². The highest BCUT2D eigenvalue weighted by Crippen LogP contribution is 2.30. The highest BCUT2D eigenvalue weighted by Gasteiger charge is 2.34. The zero-order valence-corrected chi connectivity index (χ0v) is 16.3. The van der Waals surface area contributed by atoms with E-state index in [0.29, 0.717) is 17.8 Å². The molecule has 0 saturated carbocycles. The van der Waals surface area contributed by atoms with Crippen molar-refractivity contribution < 1.29 is 14.3 Å². The lowest BCUT2D eigenvalue weighted by molar-refractivity contribution is -0.139. The van der Waals surface area contributed by atoms with Crippen LogP contribution in [0, 0.1) is 0 Å². The molecule has 1 aliphatic rings. The number of carbonyl (C=O) groups excluding carboxylic acids is 2. The summed E-state index contributed by atoms with van der Waals surface area (Å²) in [6.07, 6.45) is 3.65. The zero-order valence-electron chi connectivity index (χ0n) is 15.5. The Balaban J connectivity index is 2.05. The van der Waals surface area contributed by atoms with Crippen molar-refractivity contribution in [2.45, 2.75) is 31.6 Å². The summed E-state index contributed by atoms with van der Waals surface area (Å²) in [5.41, 5.74) is 2.71. The van der Waals surface area contributed by atoms with Gasteiger partial charge in [-0.1, -0.05) is 42.1 Å². The first-order chi connectivity index (χ1) is 13.0. The summed E-state index contributed by atoms with van der Waals surface area (Å²) in [7, 11) is 0. The number of esters is 1. The number of aromatic nitrogens is 2. The maximum Gasteiger partial charge on any atom is 0.338 e. The smallest absolute Gasteiger partial charge is 0.338 e. The molecule has 2 heterocycles. The fraction of sp³-hybridized carbons (Fsp3) is 0.316. The van der Waals surface area contributed by atoms with Crippen molar-refractivity contribution in [3.8, 4) is 0 Å². The van der Waals surface area contributed by atoms with Gasteiger partial charge in [0, 0.05) is 12.2 Å². The van der Waals surface area contributed by atoms with E-state index in [4.69, 9.17) is 4.74 Å². The third kappa shape index (κ3) is 4.00. The van der Waals surface area contributed by atoms with Crippen LogP contribution in [-0.4, -0.2) is 34.4 Å². The van der Waals surface area contributed by atoms with Crippen LogP contribution in [-0.2, 0) is 16.1 Å². The second-order valence-electron chi connectivity index (χ2n) is 6.03. The van der Waals surface area contributed by atoms with E-state index >= 15 is 0 Å². The number of hydrogen-bond donors (Lipinski definition) is 2. The van der Waals surface area contributed by atoms with Gasteiger partial charge in [-0.3, -0.25) is 0 Å². The molecule has 0 aliphatic carbocycles. The molecule has 1 unspecified atom stereocenters. The summed E-state index contributed by atoms with van der Waals surface area (Å²) in [4.78, 5) is 29.1. The lowest BCUT2D eigenvalue weighted by Gasteiger charge is -2.28. The van der Waals surface area contributed by atoms with Gasteiger partial charge in [-0.05, 0) is 25.7 Å². The molecule has 2 N–H and O–H groups in total. The molecule has 27 heavy (non-hydrogen) atoms. The fourth-order valence-corrected chi connectivity index (χ4v) is 3.63. The van der Waals surface area contributed by atoms with E-state index in [1.165, 1.54) is 11.8 Å². The average Bonchev–Trinajstić information content (AvgIpc) is 3.04. The van der Waals surface area contributed by atoms with Gasteiger partial charge in [-0.2, -0.15) is 0 Å². The third-order valence-corrected chi connectivity index (χ3v) is 4.97. The van der Waals surface area contributed by atoms with Crippen LogP contribution in [0.25, 0.3) is 0 Å². The van der Waals surface area contributed by atoms with Crippen molar-refractivity contribution in [3.63, 3.8) is 0 Å². The van der Waals surface area contributed by atoms with E-state index in [2.05, 4.69) is 15.6 Å². The van der Waals surface area contributed by atoms with Crippen LogP contribution in [0.3, 0.4) is 0 Å². The first-order valence-corrected chi connectivity index (χ1v) is 9.86. The highest BCUT2D eigenvalue weighted by atomic mass is 32.2. The Bertz CT molecular complexity index is 876. The number of ether oxygens (including phenoxy) is 1. The molecule has 3 rings (SSSR count). The van der Waals surface area contributed by atoms with Gasteiger partial charge >= 0.3 is 12.0 Å². The lowest BCUT2D eigenvalue weighted by atomic mass is 10.00. The van der Waals surface area contributed by atoms with Crippen molar-refractivity contribution in [2.75, 3.05) is 12.9 Å². The molecule has 8 heteroatoms. The van der Waals surface area contributed by atoms with E-state index < -0.39 is 12.0 Å². The number of urea groups is 1. The monoisotopic (exact) mass is 386 g/mol. The van der Waals surface area contributed by atoms with Crippen LogP contribution in [0.2, 0.25) is 0 Å². The van der Waals surface area contributed by atoms with E-state index in [0.717, 1.165) is 16.4 Å². The number of allylic oxidation sites excluding steroid dienone is 1. The SMILES string of the molecule is CCOC(=O)C1=C(C)NC(=O)NC1c1cnc(SC)n1Cc1ccccc1. The molecule has 1 aromatic heterocycles. The minimum atomic E-state index is -0.630. The topological polar surface area (TPSA) is 85.2 Å². The number of thioether (sulfide) groups is 1. The number of imidazole rings is 1. The standard InChI is InChI=1S/C19H22N4O3S/c1-4-26-17(24)15-12(2)21-18(25)22-16(15)14-10-20-19(27-3)23(14)11-13-8-6-5-7-9-13/h5-10,16H,4,11H2,1-3H3,(H2,21,22,25). The van der Waals surface area contributed by atoms with Crippen molar-refractivity contribution in [3.05, 3.63) is 59.1 Å². The van der Waals surface area contributed by atoms with Gasteiger partial charge in [0.05, 0.1) is 24.1 Å². The molecule has 1 aromatic carbocycles. The van der Waals surface area contributed by atoms with E-state index in [1.807, 2.05) is 41.2 Å². The van der Waals surface area contributed by atoms with Crippen LogP contribution in [0.1, 0.15) is 31.1 Å². The summed E-state index contributed by atoms with van der Waals surface area (Å²) < 4.78 is 7.22. The molecule has 2 aromatic rings. The van der Waals surface area contributed by atoms with Crippen molar-refractivity contribution in [2.24, 2.45) is 0 Å². The van der Waals surface area contributed by atoms with E-state index in [-0.39, 0.29) is 12.6 Å². The van der Waals surface area contributed by atoms with Crippen LogP contribution in [0.4, 0.5) is 4.79 Å². The zero-order chi connectivity index (χ0) is 19.4. The molecule has 0 fully saturated rings. The Kier molecular flexibility index (Phi) is 5.85. The summed E-state index contributed by atoms with van der Waals surface area (Å²) in [5, 5.41) is 6.30. The number of benzene rings is 1. The maximum absolute atomic E-state index is 12.5. The molecule has 1 atom stereocenters. The molecule has 0 saturated heterocycles. The van der Waals surface area contributed by atoms with Crippen LogP contribution < -0.4 is 10.6 Å². The Morgan fingerprint density at radius 1 is 1.33 bits per heavy atom. The van der Waals surface area contributed by atoms with Gasteiger partial charge in [0.15, 0.2) is 5.16 Å². The van der Waals surface area contributed by atoms with E-state index in [1.54, 1.807) is 20.0 Å². The largest absolute Gasteiger partial charge is 0.463 e. The quantitative estimate of drug-likeness (QED) is 0.589. The maximum atomic E-state index is 12.5. The van der Waals surface area contributed by atoms with Crippen LogP contribution >= 0.6 is 11.8 Å². The molecule has 2 amide bonds. The first-order valence-electron chi connectivity index (χ1n) is 8.63. The van der Waals surface area contributed by atoms with Crippen molar-refractivity contribution in [1.29, 1.82) is 0 Å². The molecule has 0 spiro atoms. The number of hydrogen-bond acceptors (Lipinski definition) is 5. The first kappa shape index (κ1) is 19.0. The van der Waals surface area contributed by atoms with Gasteiger partial charge in [0.1, 0.15) is 6.04 Å². The molecule has 142 valence electrons. The molecule has 7 nitrogen and oxygen atoms in total.